The first-order valence-electron chi connectivity index (χ1n) is 6.63. The number of nitrogens with zero attached hydrogens (tertiary/aromatic N) is 4. The lowest BCUT2D eigenvalue weighted by molar-refractivity contribution is 0.895. The second-order valence-electron chi connectivity index (χ2n) is 4.61. The first-order chi connectivity index (χ1) is 9.42. The van der Waals surface area contributed by atoms with Crippen molar-refractivity contribution >= 4 is 11.8 Å². The van der Waals surface area contributed by atoms with Crippen LogP contribution in [0.3, 0.4) is 0 Å². The van der Waals surface area contributed by atoms with E-state index in [9.17, 15) is 0 Å². The monoisotopic (exact) mass is 255 g/mol. The Hall–Kier alpha value is -2.17. The van der Waals surface area contributed by atoms with Crippen molar-refractivity contribution in [3.63, 3.8) is 0 Å². The SMILES string of the molecule is c1ccc(CNc2ccnc(N3CCCC3)n2)nc1. The van der Waals surface area contributed by atoms with Gasteiger partial charge in [-0.25, -0.2) is 4.98 Å². The molecule has 0 unspecified atom stereocenters. The van der Waals surface area contributed by atoms with E-state index < -0.39 is 0 Å². The molecule has 19 heavy (non-hydrogen) atoms. The minimum absolute atomic E-state index is 0.678. The lowest BCUT2D eigenvalue weighted by Gasteiger charge is -2.15. The molecule has 2 aromatic heterocycles. The Morgan fingerprint density at radius 3 is 2.74 bits per heavy atom. The average Bonchev–Trinajstić information content (AvgIpc) is 3.01. The molecule has 1 saturated heterocycles. The molecule has 0 bridgehead atoms. The normalized spacial score (nSPS) is 14.6. The summed E-state index contributed by atoms with van der Waals surface area (Å²) in [4.78, 5) is 15.4. The van der Waals surface area contributed by atoms with E-state index >= 15 is 0 Å². The molecule has 1 aliphatic rings. The Labute approximate surface area is 112 Å². The van der Waals surface area contributed by atoms with Crippen molar-refractivity contribution < 1.29 is 0 Å². The summed E-state index contributed by atoms with van der Waals surface area (Å²) >= 11 is 0. The van der Waals surface area contributed by atoms with Gasteiger partial charge in [-0.05, 0) is 31.0 Å². The van der Waals surface area contributed by atoms with Crippen LogP contribution >= 0.6 is 0 Å². The van der Waals surface area contributed by atoms with Crippen molar-refractivity contribution in [2.75, 3.05) is 23.3 Å². The molecular weight excluding hydrogens is 238 g/mol. The predicted molar refractivity (Wildman–Crippen MR) is 75.0 cm³/mol. The largest absolute Gasteiger partial charge is 0.364 e. The van der Waals surface area contributed by atoms with E-state index in [4.69, 9.17) is 0 Å². The zero-order valence-electron chi connectivity index (χ0n) is 10.8. The molecule has 3 heterocycles. The second-order valence-corrected chi connectivity index (χ2v) is 4.61. The highest BCUT2D eigenvalue weighted by Crippen LogP contribution is 2.16. The van der Waals surface area contributed by atoms with Crippen LogP contribution in [0.4, 0.5) is 11.8 Å². The first kappa shape index (κ1) is 11.9. The maximum Gasteiger partial charge on any atom is 0.227 e. The van der Waals surface area contributed by atoms with Gasteiger partial charge in [0.05, 0.1) is 12.2 Å². The lowest BCUT2D eigenvalue weighted by atomic mass is 10.3. The molecule has 0 aromatic carbocycles. The molecule has 2 aromatic rings. The summed E-state index contributed by atoms with van der Waals surface area (Å²) in [6.45, 7) is 2.80. The third-order valence-corrected chi connectivity index (χ3v) is 3.21. The van der Waals surface area contributed by atoms with Crippen molar-refractivity contribution in [2.45, 2.75) is 19.4 Å². The van der Waals surface area contributed by atoms with E-state index in [1.165, 1.54) is 12.8 Å². The minimum atomic E-state index is 0.678. The van der Waals surface area contributed by atoms with Crippen LogP contribution in [0.5, 0.6) is 0 Å². The Balaban J connectivity index is 1.66. The number of rotatable bonds is 4. The molecule has 1 N–H and O–H groups in total. The Morgan fingerprint density at radius 1 is 1.05 bits per heavy atom. The number of nitrogens with one attached hydrogen (secondary N) is 1. The number of hydrogen-bond acceptors (Lipinski definition) is 5. The molecule has 0 atom stereocenters. The molecule has 0 spiro atoms. The van der Waals surface area contributed by atoms with E-state index in [0.717, 1.165) is 30.5 Å². The van der Waals surface area contributed by atoms with Crippen molar-refractivity contribution in [1.82, 2.24) is 15.0 Å². The fraction of sp³-hybridized carbons (Fsp3) is 0.357. The van der Waals surface area contributed by atoms with E-state index in [1.54, 1.807) is 12.4 Å². The van der Waals surface area contributed by atoms with Crippen molar-refractivity contribution in [3.8, 4) is 0 Å². The van der Waals surface area contributed by atoms with Crippen LogP contribution in [0, 0.1) is 0 Å². The van der Waals surface area contributed by atoms with Crippen molar-refractivity contribution in [3.05, 3.63) is 42.4 Å². The molecule has 3 rings (SSSR count). The van der Waals surface area contributed by atoms with Gasteiger partial charge in [-0.15, -0.1) is 0 Å². The summed E-state index contributed by atoms with van der Waals surface area (Å²) in [6.07, 6.45) is 6.07. The van der Waals surface area contributed by atoms with Crippen molar-refractivity contribution in [2.24, 2.45) is 0 Å². The maximum atomic E-state index is 4.55. The zero-order chi connectivity index (χ0) is 12.9. The van der Waals surface area contributed by atoms with Gasteiger partial charge in [0, 0.05) is 25.5 Å². The highest BCUT2D eigenvalue weighted by atomic mass is 15.3. The molecule has 5 nitrogen and oxygen atoms in total. The summed E-state index contributed by atoms with van der Waals surface area (Å²) < 4.78 is 0. The molecule has 1 aliphatic heterocycles. The molecule has 0 amide bonds. The van der Waals surface area contributed by atoms with Gasteiger partial charge in [0.1, 0.15) is 5.82 Å². The topological polar surface area (TPSA) is 53.9 Å². The molecule has 98 valence electrons. The van der Waals surface area contributed by atoms with Gasteiger partial charge in [-0.3, -0.25) is 4.98 Å². The van der Waals surface area contributed by atoms with Gasteiger partial charge in [0.25, 0.3) is 0 Å². The highest BCUT2D eigenvalue weighted by Gasteiger charge is 2.14. The van der Waals surface area contributed by atoms with Crippen LogP contribution in [-0.2, 0) is 6.54 Å². The zero-order valence-corrected chi connectivity index (χ0v) is 10.8. The summed E-state index contributed by atoms with van der Waals surface area (Å²) in [5.41, 5.74) is 1.00. The predicted octanol–water partition coefficient (Wildman–Crippen LogP) is 2.08. The fourth-order valence-corrected chi connectivity index (χ4v) is 2.20. The van der Waals surface area contributed by atoms with Crippen LogP contribution in [0.15, 0.2) is 36.7 Å². The van der Waals surface area contributed by atoms with Gasteiger partial charge in [-0.1, -0.05) is 6.07 Å². The van der Waals surface area contributed by atoms with E-state index in [0.29, 0.717) is 6.54 Å². The fourth-order valence-electron chi connectivity index (χ4n) is 2.20. The highest BCUT2D eigenvalue weighted by molar-refractivity contribution is 5.41. The molecule has 0 saturated carbocycles. The van der Waals surface area contributed by atoms with Gasteiger partial charge < -0.3 is 10.2 Å². The summed E-state index contributed by atoms with van der Waals surface area (Å²) in [5, 5.41) is 3.28. The van der Waals surface area contributed by atoms with Crippen LogP contribution in [0.2, 0.25) is 0 Å². The second kappa shape index (κ2) is 5.65. The number of aromatic nitrogens is 3. The molecular formula is C14H17N5. The van der Waals surface area contributed by atoms with E-state index in [-0.39, 0.29) is 0 Å². The minimum Gasteiger partial charge on any atom is -0.364 e. The quantitative estimate of drug-likeness (QED) is 0.906. The average molecular weight is 255 g/mol. The Morgan fingerprint density at radius 2 is 1.95 bits per heavy atom. The van der Waals surface area contributed by atoms with Crippen molar-refractivity contribution in [1.29, 1.82) is 0 Å². The molecule has 5 heteroatoms. The number of anilines is 2. The van der Waals surface area contributed by atoms with Gasteiger partial charge in [0.2, 0.25) is 5.95 Å². The van der Waals surface area contributed by atoms with E-state index in [1.807, 2.05) is 24.3 Å². The van der Waals surface area contributed by atoms with Crippen LogP contribution in [0.25, 0.3) is 0 Å². The third kappa shape index (κ3) is 2.99. The molecule has 1 fully saturated rings. The van der Waals surface area contributed by atoms with Gasteiger partial charge in [-0.2, -0.15) is 4.98 Å². The van der Waals surface area contributed by atoms with Crippen LogP contribution in [-0.4, -0.2) is 28.0 Å². The number of pyridine rings is 1. The Bertz CT molecular complexity index is 522. The molecule has 0 aliphatic carbocycles. The van der Waals surface area contributed by atoms with Crippen LogP contribution in [0.1, 0.15) is 18.5 Å². The summed E-state index contributed by atoms with van der Waals surface area (Å²) in [6, 6.07) is 7.79. The smallest absolute Gasteiger partial charge is 0.227 e. The first-order valence-corrected chi connectivity index (χ1v) is 6.63. The maximum absolute atomic E-state index is 4.55. The third-order valence-electron chi connectivity index (χ3n) is 3.21. The standard InChI is InChI=1S/C14H17N5/c1-2-7-15-12(5-1)11-17-13-6-8-16-14(18-13)19-9-3-4-10-19/h1-2,5-8H,3-4,9-11H2,(H,16,17,18). The summed E-state index contributed by atoms with van der Waals surface area (Å²) in [5.74, 6) is 1.67. The summed E-state index contributed by atoms with van der Waals surface area (Å²) in [7, 11) is 0. The van der Waals surface area contributed by atoms with Crippen LogP contribution < -0.4 is 10.2 Å². The number of hydrogen-bond donors (Lipinski definition) is 1. The Kier molecular flexibility index (Phi) is 3.54. The molecule has 0 radical (unpaired) electrons. The van der Waals surface area contributed by atoms with Gasteiger partial charge >= 0.3 is 0 Å². The van der Waals surface area contributed by atoms with Gasteiger partial charge in [0.15, 0.2) is 0 Å². The van der Waals surface area contributed by atoms with E-state index in [2.05, 4.69) is 25.2 Å². The lowest BCUT2D eigenvalue weighted by Crippen LogP contribution is -2.20.